The van der Waals surface area contributed by atoms with E-state index in [4.69, 9.17) is 4.74 Å². The minimum Gasteiger partial charge on any atom is -0.459 e. The number of esters is 1. The maximum Gasteiger partial charge on any atom is 0.338 e. The van der Waals surface area contributed by atoms with Crippen LogP contribution in [0.5, 0.6) is 0 Å². The van der Waals surface area contributed by atoms with Crippen molar-refractivity contribution < 1.29 is 14.6 Å². The van der Waals surface area contributed by atoms with Crippen LogP contribution >= 0.6 is 0 Å². The molecule has 1 N–H and O–H groups in total. The summed E-state index contributed by atoms with van der Waals surface area (Å²) in [6.07, 6.45) is 9.48. The van der Waals surface area contributed by atoms with Crippen molar-refractivity contribution in [2.75, 3.05) is 0 Å². The second-order valence-electron chi connectivity index (χ2n) is 8.77. The fourth-order valence-corrected chi connectivity index (χ4v) is 4.32. The summed E-state index contributed by atoms with van der Waals surface area (Å²) in [5.41, 5.74) is 4.22. The first kappa shape index (κ1) is 22.6. The third-order valence-electron chi connectivity index (χ3n) is 6.31. The van der Waals surface area contributed by atoms with Gasteiger partial charge in [-0.15, -0.1) is 0 Å². The van der Waals surface area contributed by atoms with Crippen LogP contribution in [0.4, 0.5) is 0 Å². The Morgan fingerprint density at radius 1 is 0.933 bits per heavy atom. The second kappa shape index (κ2) is 11.3. The van der Waals surface area contributed by atoms with Crippen LogP contribution in [0.2, 0.25) is 0 Å². The standard InChI is InChI=1S/C27H36O3/c1-3-4-5-6-7-20(2)30-27(29)25-14-12-23(13-15-25)21-8-10-22(11-9-21)24-16-18-26(28)19-17-24/h8-15,20,24,26,28H,3-7,16-19H2,1-2H3. The summed E-state index contributed by atoms with van der Waals surface area (Å²) in [7, 11) is 0. The monoisotopic (exact) mass is 408 g/mol. The van der Waals surface area contributed by atoms with Gasteiger partial charge in [0.05, 0.1) is 17.8 Å². The van der Waals surface area contributed by atoms with Crippen molar-refractivity contribution in [3.8, 4) is 11.1 Å². The van der Waals surface area contributed by atoms with Gasteiger partial charge in [-0.25, -0.2) is 4.79 Å². The molecule has 0 amide bonds. The zero-order chi connectivity index (χ0) is 21.3. The van der Waals surface area contributed by atoms with Crippen LogP contribution in [0.25, 0.3) is 11.1 Å². The molecule has 3 rings (SSSR count). The van der Waals surface area contributed by atoms with Gasteiger partial charge in [-0.05, 0) is 80.2 Å². The topological polar surface area (TPSA) is 46.5 Å². The normalized spacial score (nSPS) is 20.0. The average Bonchev–Trinajstić information content (AvgIpc) is 2.77. The van der Waals surface area contributed by atoms with Crippen LogP contribution in [0.15, 0.2) is 48.5 Å². The number of hydrogen-bond acceptors (Lipinski definition) is 3. The van der Waals surface area contributed by atoms with Gasteiger partial charge in [0.2, 0.25) is 0 Å². The molecule has 0 aliphatic heterocycles. The number of aliphatic hydroxyl groups excluding tert-OH is 1. The number of rotatable bonds is 9. The van der Waals surface area contributed by atoms with Gasteiger partial charge in [-0.3, -0.25) is 0 Å². The van der Waals surface area contributed by atoms with Gasteiger partial charge in [0, 0.05) is 0 Å². The molecule has 0 bridgehead atoms. The van der Waals surface area contributed by atoms with Gasteiger partial charge in [-0.2, -0.15) is 0 Å². The van der Waals surface area contributed by atoms with Crippen molar-refractivity contribution in [2.24, 2.45) is 0 Å². The zero-order valence-electron chi connectivity index (χ0n) is 18.5. The van der Waals surface area contributed by atoms with E-state index >= 15 is 0 Å². The Morgan fingerprint density at radius 3 is 2.13 bits per heavy atom. The Labute approximate surface area is 181 Å². The summed E-state index contributed by atoms with van der Waals surface area (Å²) in [6, 6.07) is 16.4. The van der Waals surface area contributed by atoms with E-state index in [1.807, 2.05) is 31.2 Å². The molecule has 1 fully saturated rings. The Morgan fingerprint density at radius 2 is 1.53 bits per heavy atom. The highest BCUT2D eigenvalue weighted by Gasteiger charge is 2.20. The van der Waals surface area contributed by atoms with Crippen LogP contribution in [0, 0.1) is 0 Å². The van der Waals surface area contributed by atoms with E-state index in [1.165, 1.54) is 24.8 Å². The molecule has 1 unspecified atom stereocenters. The molecular weight excluding hydrogens is 372 g/mol. The molecule has 2 aromatic carbocycles. The first-order valence-electron chi connectivity index (χ1n) is 11.7. The molecule has 3 heteroatoms. The van der Waals surface area contributed by atoms with E-state index in [0.29, 0.717) is 11.5 Å². The molecule has 162 valence electrons. The van der Waals surface area contributed by atoms with Gasteiger partial charge < -0.3 is 9.84 Å². The molecule has 2 aromatic rings. The van der Waals surface area contributed by atoms with Crippen molar-refractivity contribution in [2.45, 2.75) is 89.8 Å². The Kier molecular flexibility index (Phi) is 8.50. The Bertz CT molecular complexity index is 771. The average molecular weight is 409 g/mol. The predicted molar refractivity (Wildman–Crippen MR) is 123 cm³/mol. The quantitative estimate of drug-likeness (QED) is 0.363. The van der Waals surface area contributed by atoms with Crippen LogP contribution in [0.3, 0.4) is 0 Å². The summed E-state index contributed by atoms with van der Waals surface area (Å²) < 4.78 is 5.60. The molecule has 3 nitrogen and oxygen atoms in total. The minimum absolute atomic E-state index is 0.0394. The molecule has 1 aliphatic rings. The fourth-order valence-electron chi connectivity index (χ4n) is 4.32. The lowest BCUT2D eigenvalue weighted by Crippen LogP contribution is -2.16. The van der Waals surface area contributed by atoms with Gasteiger partial charge in [-0.1, -0.05) is 62.6 Å². The van der Waals surface area contributed by atoms with Gasteiger partial charge in [0.25, 0.3) is 0 Å². The summed E-state index contributed by atoms with van der Waals surface area (Å²) >= 11 is 0. The summed E-state index contributed by atoms with van der Waals surface area (Å²) in [6.45, 7) is 4.18. The molecule has 1 aliphatic carbocycles. The summed E-state index contributed by atoms with van der Waals surface area (Å²) in [4.78, 5) is 12.4. The zero-order valence-corrected chi connectivity index (χ0v) is 18.5. The number of unbranched alkanes of at least 4 members (excludes halogenated alkanes) is 3. The largest absolute Gasteiger partial charge is 0.459 e. The van der Waals surface area contributed by atoms with Crippen LogP contribution in [-0.2, 0) is 4.74 Å². The lowest BCUT2D eigenvalue weighted by molar-refractivity contribution is 0.0319. The third kappa shape index (κ3) is 6.43. The number of benzene rings is 2. The van der Waals surface area contributed by atoms with E-state index in [9.17, 15) is 9.90 Å². The first-order chi connectivity index (χ1) is 14.6. The Balaban J connectivity index is 1.54. The molecule has 1 atom stereocenters. The predicted octanol–water partition coefficient (Wildman–Crippen LogP) is 6.89. The fraction of sp³-hybridized carbons (Fsp3) is 0.519. The van der Waals surface area contributed by atoms with Gasteiger partial charge in [0.1, 0.15) is 0 Å². The minimum atomic E-state index is -0.237. The maximum absolute atomic E-state index is 12.4. The van der Waals surface area contributed by atoms with E-state index in [0.717, 1.165) is 49.7 Å². The van der Waals surface area contributed by atoms with Gasteiger partial charge >= 0.3 is 5.97 Å². The lowest BCUT2D eigenvalue weighted by atomic mass is 9.82. The van der Waals surface area contributed by atoms with Crippen molar-refractivity contribution in [3.05, 3.63) is 59.7 Å². The molecule has 0 aromatic heterocycles. The van der Waals surface area contributed by atoms with E-state index in [2.05, 4.69) is 31.2 Å². The SMILES string of the molecule is CCCCCCC(C)OC(=O)c1ccc(-c2ccc(C3CCC(O)CC3)cc2)cc1. The van der Waals surface area contributed by atoms with Crippen molar-refractivity contribution in [1.29, 1.82) is 0 Å². The van der Waals surface area contributed by atoms with Crippen molar-refractivity contribution >= 4 is 5.97 Å². The number of hydrogen-bond donors (Lipinski definition) is 1. The third-order valence-corrected chi connectivity index (χ3v) is 6.31. The smallest absolute Gasteiger partial charge is 0.338 e. The highest BCUT2D eigenvalue weighted by molar-refractivity contribution is 5.90. The number of aliphatic hydroxyl groups is 1. The summed E-state index contributed by atoms with van der Waals surface area (Å²) in [5, 5.41) is 9.70. The Hall–Kier alpha value is -2.13. The van der Waals surface area contributed by atoms with E-state index in [-0.39, 0.29) is 18.2 Å². The highest BCUT2D eigenvalue weighted by Crippen LogP contribution is 2.33. The summed E-state index contributed by atoms with van der Waals surface area (Å²) in [5.74, 6) is 0.322. The van der Waals surface area contributed by atoms with Crippen molar-refractivity contribution in [3.63, 3.8) is 0 Å². The molecule has 0 spiro atoms. The molecule has 0 saturated heterocycles. The van der Waals surface area contributed by atoms with E-state index < -0.39 is 0 Å². The van der Waals surface area contributed by atoms with E-state index in [1.54, 1.807) is 0 Å². The number of ether oxygens (including phenoxy) is 1. The molecular formula is C27H36O3. The first-order valence-corrected chi connectivity index (χ1v) is 11.7. The highest BCUT2D eigenvalue weighted by atomic mass is 16.5. The molecule has 0 heterocycles. The van der Waals surface area contributed by atoms with Gasteiger partial charge in [0.15, 0.2) is 0 Å². The lowest BCUT2D eigenvalue weighted by Gasteiger charge is -2.25. The molecule has 1 saturated carbocycles. The molecule has 0 radical (unpaired) electrons. The number of carbonyl (C=O) groups excluding carboxylic acids is 1. The number of carbonyl (C=O) groups is 1. The second-order valence-corrected chi connectivity index (χ2v) is 8.77. The maximum atomic E-state index is 12.4. The van der Waals surface area contributed by atoms with Crippen molar-refractivity contribution in [1.82, 2.24) is 0 Å². The van der Waals surface area contributed by atoms with Crippen LogP contribution in [0.1, 0.15) is 93.5 Å². The van der Waals surface area contributed by atoms with Crippen LogP contribution in [-0.4, -0.2) is 23.3 Å². The molecule has 30 heavy (non-hydrogen) atoms. The van der Waals surface area contributed by atoms with Crippen LogP contribution < -0.4 is 0 Å².